The van der Waals surface area contributed by atoms with Gasteiger partial charge in [-0.2, -0.15) is 0 Å². The van der Waals surface area contributed by atoms with Gasteiger partial charge in [-0.1, -0.05) is 152 Å². The van der Waals surface area contributed by atoms with Crippen molar-refractivity contribution in [3.63, 3.8) is 0 Å². The van der Waals surface area contributed by atoms with E-state index in [4.69, 9.17) is 19.4 Å². The molecule has 9 rings (SSSR count). The Kier molecular flexibility index (Phi) is 6.43. The zero-order valence-corrected chi connectivity index (χ0v) is 25.3. The Morgan fingerprint density at radius 3 is 1.55 bits per heavy atom. The first-order valence-corrected chi connectivity index (χ1v) is 15.7. The molecule has 0 N–H and O–H groups in total. The maximum Gasteiger partial charge on any atom is 0.164 e. The summed E-state index contributed by atoms with van der Waals surface area (Å²) in [6.07, 6.45) is 0. The van der Waals surface area contributed by atoms with Crippen LogP contribution in [0.5, 0.6) is 0 Å². The molecule has 4 heteroatoms. The Labute approximate surface area is 271 Å². The minimum atomic E-state index is 0.636. The molecule has 47 heavy (non-hydrogen) atoms. The van der Waals surface area contributed by atoms with Crippen LogP contribution in [0, 0.1) is 0 Å². The molecule has 0 aliphatic heterocycles. The fourth-order valence-electron chi connectivity index (χ4n) is 6.53. The molecule has 0 unspecified atom stereocenters. The Balaban J connectivity index is 1.22. The number of aromatic nitrogens is 3. The van der Waals surface area contributed by atoms with Crippen LogP contribution in [-0.4, -0.2) is 15.0 Å². The van der Waals surface area contributed by atoms with E-state index in [0.717, 1.165) is 55.3 Å². The molecule has 0 saturated heterocycles. The van der Waals surface area contributed by atoms with E-state index in [9.17, 15) is 0 Å². The normalized spacial score (nSPS) is 11.4. The molecule has 0 radical (unpaired) electrons. The summed E-state index contributed by atoms with van der Waals surface area (Å²) < 4.78 is 6.28. The molecule has 9 aromatic rings. The molecule has 0 aliphatic rings. The third kappa shape index (κ3) is 4.75. The lowest BCUT2D eigenvalue weighted by Crippen LogP contribution is -2.00. The molecule has 2 heterocycles. The minimum Gasteiger partial charge on any atom is -0.456 e. The summed E-state index contributed by atoms with van der Waals surface area (Å²) in [7, 11) is 0. The van der Waals surface area contributed by atoms with Gasteiger partial charge in [0.25, 0.3) is 0 Å². The zero-order chi connectivity index (χ0) is 31.2. The van der Waals surface area contributed by atoms with Crippen LogP contribution in [0.1, 0.15) is 0 Å². The molecular formula is C43H27N3O. The van der Waals surface area contributed by atoms with Crippen LogP contribution in [0.15, 0.2) is 168 Å². The first-order chi connectivity index (χ1) is 23.3. The minimum absolute atomic E-state index is 0.636. The Hall–Kier alpha value is -6.39. The molecule has 0 atom stereocenters. The van der Waals surface area contributed by atoms with Gasteiger partial charge >= 0.3 is 0 Å². The molecule has 0 amide bonds. The maximum absolute atomic E-state index is 6.28. The van der Waals surface area contributed by atoms with E-state index in [1.807, 2.05) is 72.8 Å². The standard InChI is InChI=1S/C43H27N3O/c1-3-13-30(14-4-1)41-44-42(31-15-5-2-6-16-31)46-43(45-41)32-24-22-29(23-25-32)39-33-17-8-7-12-28(33)26-27-35(39)34-19-11-21-38-40(34)36-18-9-10-20-37(36)47-38/h1-27H. The maximum atomic E-state index is 6.28. The largest absolute Gasteiger partial charge is 0.456 e. The van der Waals surface area contributed by atoms with Crippen LogP contribution in [0.4, 0.5) is 0 Å². The van der Waals surface area contributed by atoms with E-state index in [1.165, 1.54) is 16.3 Å². The highest BCUT2D eigenvalue weighted by Crippen LogP contribution is 2.43. The highest BCUT2D eigenvalue weighted by atomic mass is 16.3. The van der Waals surface area contributed by atoms with Crippen LogP contribution >= 0.6 is 0 Å². The summed E-state index contributed by atoms with van der Waals surface area (Å²) in [5, 5.41) is 4.63. The Morgan fingerprint density at radius 1 is 0.340 bits per heavy atom. The molecule has 0 spiro atoms. The topological polar surface area (TPSA) is 51.8 Å². The molecule has 4 nitrogen and oxygen atoms in total. The van der Waals surface area contributed by atoms with Crippen molar-refractivity contribution in [3.05, 3.63) is 164 Å². The van der Waals surface area contributed by atoms with Gasteiger partial charge in [0, 0.05) is 27.5 Å². The van der Waals surface area contributed by atoms with Crippen LogP contribution < -0.4 is 0 Å². The average molecular weight is 602 g/mol. The van der Waals surface area contributed by atoms with Gasteiger partial charge in [-0.05, 0) is 45.2 Å². The van der Waals surface area contributed by atoms with Crippen molar-refractivity contribution in [2.24, 2.45) is 0 Å². The number of furan rings is 1. The molecular weight excluding hydrogens is 574 g/mol. The molecule has 220 valence electrons. The Morgan fingerprint density at radius 2 is 0.872 bits per heavy atom. The highest BCUT2D eigenvalue weighted by Gasteiger charge is 2.18. The number of nitrogens with zero attached hydrogens (tertiary/aromatic N) is 3. The second-order valence-electron chi connectivity index (χ2n) is 11.6. The van der Waals surface area contributed by atoms with E-state index in [-0.39, 0.29) is 0 Å². The number of hydrogen-bond donors (Lipinski definition) is 0. The van der Waals surface area contributed by atoms with Crippen molar-refractivity contribution in [2.75, 3.05) is 0 Å². The summed E-state index contributed by atoms with van der Waals surface area (Å²) in [5.74, 6) is 1.93. The lowest BCUT2D eigenvalue weighted by molar-refractivity contribution is 0.669. The monoisotopic (exact) mass is 601 g/mol. The van der Waals surface area contributed by atoms with Gasteiger partial charge in [-0.15, -0.1) is 0 Å². The molecule has 0 fully saturated rings. The van der Waals surface area contributed by atoms with Crippen LogP contribution in [0.3, 0.4) is 0 Å². The van der Waals surface area contributed by atoms with Crippen LogP contribution in [-0.2, 0) is 0 Å². The molecule has 0 aliphatic carbocycles. The van der Waals surface area contributed by atoms with E-state index in [0.29, 0.717) is 17.5 Å². The molecule has 0 bridgehead atoms. The second kappa shape index (κ2) is 11.2. The van der Waals surface area contributed by atoms with Crippen molar-refractivity contribution < 1.29 is 4.42 Å². The van der Waals surface area contributed by atoms with Gasteiger partial charge in [0.15, 0.2) is 17.5 Å². The average Bonchev–Trinajstić information content (AvgIpc) is 3.54. The van der Waals surface area contributed by atoms with E-state index in [1.54, 1.807) is 0 Å². The number of benzene rings is 7. The number of para-hydroxylation sites is 1. The third-order valence-electron chi connectivity index (χ3n) is 8.75. The summed E-state index contributed by atoms with van der Waals surface area (Å²) in [5.41, 5.74) is 9.21. The highest BCUT2D eigenvalue weighted by molar-refractivity contribution is 6.16. The van der Waals surface area contributed by atoms with Gasteiger partial charge in [-0.25, -0.2) is 15.0 Å². The fraction of sp³-hybridized carbons (Fsp3) is 0. The predicted octanol–water partition coefficient (Wildman–Crippen LogP) is 11.3. The third-order valence-corrected chi connectivity index (χ3v) is 8.75. The van der Waals surface area contributed by atoms with Gasteiger partial charge in [0.05, 0.1) is 0 Å². The lowest BCUT2D eigenvalue weighted by Gasteiger charge is -2.15. The lowest BCUT2D eigenvalue weighted by atomic mass is 9.88. The Bertz CT molecular complexity index is 2500. The number of fused-ring (bicyclic) bond motifs is 4. The summed E-state index contributed by atoms with van der Waals surface area (Å²) in [4.78, 5) is 14.7. The van der Waals surface area contributed by atoms with Gasteiger partial charge in [-0.3, -0.25) is 0 Å². The second-order valence-corrected chi connectivity index (χ2v) is 11.6. The van der Waals surface area contributed by atoms with Crippen LogP contribution in [0.2, 0.25) is 0 Å². The smallest absolute Gasteiger partial charge is 0.164 e. The van der Waals surface area contributed by atoms with Crippen molar-refractivity contribution in [1.82, 2.24) is 15.0 Å². The van der Waals surface area contributed by atoms with Gasteiger partial charge in [0.2, 0.25) is 0 Å². The SMILES string of the molecule is c1ccc(-c2nc(-c3ccccc3)nc(-c3ccc(-c4c(-c5cccc6oc7ccccc7c56)ccc5ccccc45)cc3)n2)cc1. The van der Waals surface area contributed by atoms with Gasteiger partial charge in [0.1, 0.15) is 11.2 Å². The van der Waals surface area contributed by atoms with E-state index < -0.39 is 0 Å². The zero-order valence-electron chi connectivity index (χ0n) is 25.3. The first-order valence-electron chi connectivity index (χ1n) is 15.7. The summed E-state index contributed by atoms with van der Waals surface area (Å²) in [6, 6.07) is 56.4. The molecule has 2 aromatic heterocycles. The number of rotatable bonds is 5. The van der Waals surface area contributed by atoms with Crippen molar-refractivity contribution in [1.29, 1.82) is 0 Å². The summed E-state index contributed by atoms with van der Waals surface area (Å²) >= 11 is 0. The molecule has 0 saturated carbocycles. The number of hydrogen-bond acceptors (Lipinski definition) is 4. The van der Waals surface area contributed by atoms with Crippen molar-refractivity contribution >= 4 is 32.7 Å². The molecule has 7 aromatic carbocycles. The van der Waals surface area contributed by atoms with E-state index in [2.05, 4.69) is 91.0 Å². The quantitative estimate of drug-likeness (QED) is 0.197. The fourth-order valence-corrected chi connectivity index (χ4v) is 6.53. The predicted molar refractivity (Wildman–Crippen MR) is 192 cm³/mol. The van der Waals surface area contributed by atoms with Crippen LogP contribution in [0.25, 0.3) is 89.1 Å². The first kappa shape index (κ1) is 27.0. The van der Waals surface area contributed by atoms with Crippen molar-refractivity contribution in [2.45, 2.75) is 0 Å². The van der Waals surface area contributed by atoms with Gasteiger partial charge < -0.3 is 4.42 Å². The van der Waals surface area contributed by atoms with E-state index >= 15 is 0 Å². The summed E-state index contributed by atoms with van der Waals surface area (Å²) in [6.45, 7) is 0. The van der Waals surface area contributed by atoms with Crippen molar-refractivity contribution in [3.8, 4) is 56.4 Å².